The van der Waals surface area contributed by atoms with Crippen LogP contribution in [0.15, 0.2) is 0 Å². The Hall–Kier alpha value is -1.06. The Balaban J connectivity index is 3.90. The molecule has 0 aliphatic carbocycles. The summed E-state index contributed by atoms with van der Waals surface area (Å²) in [5.41, 5.74) is 0. The maximum atomic E-state index is 10.9. The van der Waals surface area contributed by atoms with Crippen molar-refractivity contribution < 1.29 is 14.3 Å². The number of ether oxygens (including phenoxy) is 1. The van der Waals surface area contributed by atoms with Gasteiger partial charge in [-0.2, -0.15) is 0 Å². The molecule has 4 heteroatoms. The van der Waals surface area contributed by atoms with Gasteiger partial charge in [0.15, 0.2) is 0 Å². The lowest BCUT2D eigenvalue weighted by molar-refractivity contribution is -0.147. The number of hydrogen-bond acceptors (Lipinski definition) is 3. The van der Waals surface area contributed by atoms with Gasteiger partial charge < -0.3 is 9.64 Å². The number of carbonyl (C=O) groups excluding carboxylic acids is 2. The number of esters is 1. The quantitative estimate of drug-likeness (QED) is 0.425. The van der Waals surface area contributed by atoms with Crippen LogP contribution in [0.3, 0.4) is 0 Å². The fraction of sp³-hybridized carbons (Fsp3) is 0.714. The van der Waals surface area contributed by atoms with Gasteiger partial charge in [-0.25, -0.2) is 4.79 Å². The molecule has 0 saturated carbocycles. The number of carbonyl (C=O) groups is 1. The highest BCUT2D eigenvalue weighted by Crippen LogP contribution is 1.94. The first-order chi connectivity index (χ1) is 5.13. The molecule has 0 aromatic carbocycles. The smallest absolute Gasteiger partial charge is 0.328 e. The van der Waals surface area contributed by atoms with Crippen LogP contribution < -0.4 is 0 Å². The monoisotopic (exact) mass is 158 g/mol. The topological polar surface area (TPSA) is 46.6 Å². The van der Waals surface area contributed by atoms with E-state index in [0.717, 1.165) is 4.90 Å². The van der Waals surface area contributed by atoms with E-state index in [1.807, 2.05) is 0 Å². The number of hydrogen-bond donors (Lipinski definition) is 0. The van der Waals surface area contributed by atoms with E-state index < -0.39 is 12.0 Å². The van der Waals surface area contributed by atoms with Crippen LogP contribution in [0.2, 0.25) is 0 Å². The molecular formula is C7H12NO3. The first-order valence-corrected chi connectivity index (χ1v) is 3.40. The van der Waals surface area contributed by atoms with Crippen molar-refractivity contribution in [2.24, 2.45) is 0 Å². The van der Waals surface area contributed by atoms with E-state index in [4.69, 9.17) is 0 Å². The largest absolute Gasteiger partial charge is 0.464 e. The molecule has 0 heterocycles. The van der Waals surface area contributed by atoms with Gasteiger partial charge in [0, 0.05) is 7.05 Å². The second kappa shape index (κ2) is 4.71. The minimum Gasteiger partial charge on any atom is -0.464 e. The zero-order valence-corrected chi connectivity index (χ0v) is 6.96. The number of likely N-dealkylation sites (N-methyl/N-ethyl adjacent to an activating group) is 1. The van der Waals surface area contributed by atoms with E-state index >= 15 is 0 Å². The standard InChI is InChI=1S/C7H12NO3/c1-4-11-7(10)6(2)8(3)5-9/h6H,4H2,1-3H3. The van der Waals surface area contributed by atoms with E-state index in [2.05, 4.69) is 4.74 Å². The fourth-order valence-corrected chi connectivity index (χ4v) is 0.500. The molecule has 11 heavy (non-hydrogen) atoms. The number of nitrogens with zero attached hydrogens (tertiary/aromatic N) is 1. The third-order valence-electron chi connectivity index (χ3n) is 1.35. The zero-order valence-electron chi connectivity index (χ0n) is 6.96. The highest BCUT2D eigenvalue weighted by molar-refractivity contribution is 5.77. The van der Waals surface area contributed by atoms with Gasteiger partial charge in [0.05, 0.1) is 6.61 Å². The van der Waals surface area contributed by atoms with Crippen LogP contribution >= 0.6 is 0 Å². The van der Waals surface area contributed by atoms with E-state index in [-0.39, 0.29) is 0 Å². The fourth-order valence-electron chi connectivity index (χ4n) is 0.500. The normalized spacial score (nSPS) is 11.9. The molecule has 1 unspecified atom stereocenters. The van der Waals surface area contributed by atoms with Gasteiger partial charge in [0.25, 0.3) is 0 Å². The minimum atomic E-state index is -0.549. The Morgan fingerprint density at radius 3 is 2.64 bits per heavy atom. The molecular weight excluding hydrogens is 146 g/mol. The van der Waals surface area contributed by atoms with Gasteiger partial charge in [-0.05, 0) is 13.8 Å². The van der Waals surface area contributed by atoms with Gasteiger partial charge in [0.1, 0.15) is 6.04 Å². The summed E-state index contributed by atoms with van der Waals surface area (Å²) >= 11 is 0. The number of rotatable bonds is 4. The van der Waals surface area contributed by atoms with E-state index in [0.29, 0.717) is 6.61 Å². The molecule has 0 rings (SSSR count). The Morgan fingerprint density at radius 1 is 1.73 bits per heavy atom. The van der Waals surface area contributed by atoms with E-state index in [1.165, 1.54) is 7.05 Å². The van der Waals surface area contributed by atoms with Crippen molar-refractivity contribution in [1.82, 2.24) is 4.90 Å². The summed E-state index contributed by atoms with van der Waals surface area (Å²) in [6, 6.07) is -0.549. The molecule has 4 nitrogen and oxygen atoms in total. The molecule has 0 N–H and O–H groups in total. The average Bonchev–Trinajstić information content (AvgIpc) is 2.02. The zero-order chi connectivity index (χ0) is 8.85. The van der Waals surface area contributed by atoms with Crippen LogP contribution in [0, 0.1) is 0 Å². The molecule has 1 radical (unpaired) electrons. The third kappa shape index (κ3) is 3.02. The van der Waals surface area contributed by atoms with Gasteiger partial charge >= 0.3 is 12.4 Å². The van der Waals surface area contributed by atoms with E-state index in [9.17, 15) is 9.59 Å². The molecule has 63 valence electrons. The van der Waals surface area contributed by atoms with Crippen LogP contribution in [-0.2, 0) is 14.3 Å². The first kappa shape index (κ1) is 9.94. The maximum Gasteiger partial charge on any atom is 0.328 e. The minimum absolute atomic E-state index is 0.329. The Kier molecular flexibility index (Phi) is 4.26. The number of amides is 1. The highest BCUT2D eigenvalue weighted by Gasteiger charge is 2.17. The predicted octanol–water partition coefficient (Wildman–Crippen LogP) is -0.0630. The molecule has 0 aromatic heterocycles. The van der Waals surface area contributed by atoms with Crippen molar-refractivity contribution in [3.63, 3.8) is 0 Å². The van der Waals surface area contributed by atoms with Crippen LogP contribution in [-0.4, -0.2) is 37.0 Å². The van der Waals surface area contributed by atoms with Crippen LogP contribution in [0.5, 0.6) is 0 Å². The molecule has 1 atom stereocenters. The highest BCUT2D eigenvalue weighted by atomic mass is 16.5. The second-order valence-electron chi connectivity index (χ2n) is 2.13. The van der Waals surface area contributed by atoms with E-state index in [1.54, 1.807) is 20.3 Å². The summed E-state index contributed by atoms with van der Waals surface area (Å²) in [6.07, 6.45) is 1.59. The van der Waals surface area contributed by atoms with Crippen molar-refractivity contribution >= 4 is 12.4 Å². The molecule has 0 bridgehead atoms. The van der Waals surface area contributed by atoms with Crippen molar-refractivity contribution in [3.05, 3.63) is 0 Å². The van der Waals surface area contributed by atoms with Crippen molar-refractivity contribution in [1.29, 1.82) is 0 Å². The lowest BCUT2D eigenvalue weighted by atomic mass is 10.3. The average molecular weight is 158 g/mol. The molecule has 0 fully saturated rings. The van der Waals surface area contributed by atoms with Crippen LogP contribution in [0.1, 0.15) is 13.8 Å². The first-order valence-electron chi connectivity index (χ1n) is 3.40. The van der Waals surface area contributed by atoms with Gasteiger partial charge in [-0.15, -0.1) is 0 Å². The third-order valence-corrected chi connectivity index (χ3v) is 1.35. The summed E-state index contributed by atoms with van der Waals surface area (Å²) in [7, 11) is 1.48. The second-order valence-corrected chi connectivity index (χ2v) is 2.13. The Bertz CT molecular complexity index is 147. The Morgan fingerprint density at radius 2 is 2.27 bits per heavy atom. The molecule has 0 spiro atoms. The molecule has 0 saturated heterocycles. The molecule has 1 amide bonds. The van der Waals surface area contributed by atoms with Gasteiger partial charge in [0.2, 0.25) is 0 Å². The lowest BCUT2D eigenvalue weighted by Crippen LogP contribution is -2.36. The van der Waals surface area contributed by atoms with Crippen LogP contribution in [0.4, 0.5) is 0 Å². The summed E-state index contributed by atoms with van der Waals surface area (Å²) < 4.78 is 4.67. The summed E-state index contributed by atoms with van der Waals surface area (Å²) in [5, 5.41) is 0. The van der Waals surface area contributed by atoms with Crippen molar-refractivity contribution in [2.75, 3.05) is 13.7 Å². The molecule has 0 aliphatic heterocycles. The van der Waals surface area contributed by atoms with Crippen molar-refractivity contribution in [3.8, 4) is 0 Å². The summed E-state index contributed by atoms with van der Waals surface area (Å²) in [4.78, 5) is 22.1. The van der Waals surface area contributed by atoms with Crippen LogP contribution in [0.25, 0.3) is 0 Å². The van der Waals surface area contributed by atoms with Gasteiger partial charge in [-0.3, -0.25) is 4.79 Å². The lowest BCUT2D eigenvalue weighted by Gasteiger charge is -2.16. The Labute approximate surface area is 66.1 Å². The summed E-state index contributed by atoms with van der Waals surface area (Å²) in [6.45, 7) is 3.63. The van der Waals surface area contributed by atoms with Crippen molar-refractivity contribution in [2.45, 2.75) is 19.9 Å². The molecule has 0 aromatic rings. The maximum absolute atomic E-state index is 10.9. The summed E-state index contributed by atoms with van der Waals surface area (Å²) in [5.74, 6) is -0.404. The molecule has 0 aliphatic rings. The predicted molar refractivity (Wildman–Crippen MR) is 39.6 cm³/mol. The SMILES string of the molecule is CCOC(=O)C(C)N(C)[C]=O. The van der Waals surface area contributed by atoms with Gasteiger partial charge in [-0.1, -0.05) is 0 Å².